The molecule has 1 heterocycles. The first-order valence-electron chi connectivity index (χ1n) is 7.84. The van der Waals surface area contributed by atoms with Crippen molar-refractivity contribution >= 4 is 5.97 Å². The number of fused-ring (bicyclic) bond motifs is 1. The number of hydrogen-bond acceptors (Lipinski definition) is 3. The maximum Gasteiger partial charge on any atom is 0.314 e. The van der Waals surface area contributed by atoms with Gasteiger partial charge in [0.1, 0.15) is 13.2 Å². The van der Waals surface area contributed by atoms with Crippen molar-refractivity contribution in [1.82, 2.24) is 0 Å². The molecule has 0 amide bonds. The van der Waals surface area contributed by atoms with E-state index in [0.717, 1.165) is 61.2 Å². The Labute approximate surface area is 125 Å². The lowest BCUT2D eigenvalue weighted by molar-refractivity contribution is -0.145. The first-order valence-corrected chi connectivity index (χ1v) is 7.84. The van der Waals surface area contributed by atoms with E-state index in [2.05, 4.69) is 6.92 Å². The van der Waals surface area contributed by atoms with Gasteiger partial charge in [0, 0.05) is 5.56 Å². The van der Waals surface area contributed by atoms with Crippen molar-refractivity contribution in [2.45, 2.75) is 50.9 Å². The van der Waals surface area contributed by atoms with E-state index in [1.165, 1.54) is 0 Å². The molecular weight excluding hydrogens is 268 g/mol. The smallest absolute Gasteiger partial charge is 0.314 e. The van der Waals surface area contributed by atoms with Crippen LogP contribution in [-0.4, -0.2) is 24.3 Å². The minimum absolute atomic E-state index is 0.531. The van der Waals surface area contributed by atoms with Crippen molar-refractivity contribution in [3.63, 3.8) is 0 Å². The van der Waals surface area contributed by atoms with Crippen LogP contribution in [0.25, 0.3) is 0 Å². The van der Waals surface area contributed by atoms with Gasteiger partial charge in [-0.05, 0) is 30.9 Å². The standard InChI is InChI=1S/C17H22O4/c1-2-12-13(6-7-14-15(12)21-11-10-20-14)17(16(18)19)8-4-3-5-9-17/h6-7H,2-5,8-11H2,1H3,(H,18,19). The summed E-state index contributed by atoms with van der Waals surface area (Å²) in [6, 6.07) is 3.83. The topological polar surface area (TPSA) is 55.8 Å². The monoisotopic (exact) mass is 290 g/mol. The van der Waals surface area contributed by atoms with Crippen LogP contribution in [0.5, 0.6) is 11.5 Å². The van der Waals surface area contributed by atoms with Gasteiger partial charge in [-0.3, -0.25) is 4.79 Å². The van der Waals surface area contributed by atoms with Crippen LogP contribution in [0.3, 0.4) is 0 Å². The number of carbonyl (C=O) groups is 1. The van der Waals surface area contributed by atoms with E-state index in [9.17, 15) is 9.90 Å². The van der Waals surface area contributed by atoms with Crippen molar-refractivity contribution in [3.8, 4) is 11.5 Å². The predicted octanol–water partition coefficient (Wildman–Crippen LogP) is 3.31. The summed E-state index contributed by atoms with van der Waals surface area (Å²) in [6.07, 6.45) is 5.27. The molecule has 0 atom stereocenters. The zero-order chi connectivity index (χ0) is 14.9. The van der Waals surface area contributed by atoms with E-state index >= 15 is 0 Å². The van der Waals surface area contributed by atoms with Crippen LogP contribution in [0.1, 0.15) is 50.2 Å². The molecule has 1 N–H and O–H groups in total. The minimum atomic E-state index is -0.751. The van der Waals surface area contributed by atoms with Crippen LogP contribution in [0, 0.1) is 0 Å². The molecule has 114 valence electrons. The second kappa shape index (κ2) is 5.58. The van der Waals surface area contributed by atoms with Crippen LogP contribution in [0.2, 0.25) is 0 Å². The number of ether oxygens (including phenoxy) is 2. The van der Waals surface area contributed by atoms with Gasteiger partial charge in [0.25, 0.3) is 0 Å². The Bertz CT molecular complexity index is 544. The molecule has 0 saturated heterocycles. The normalized spacial score (nSPS) is 20.0. The maximum absolute atomic E-state index is 12.0. The third kappa shape index (κ3) is 2.27. The highest BCUT2D eigenvalue weighted by molar-refractivity contribution is 5.83. The van der Waals surface area contributed by atoms with Crippen LogP contribution >= 0.6 is 0 Å². The van der Waals surface area contributed by atoms with E-state index in [1.807, 2.05) is 12.1 Å². The molecular formula is C17H22O4. The number of aliphatic carboxylic acids is 1. The quantitative estimate of drug-likeness (QED) is 0.928. The summed E-state index contributed by atoms with van der Waals surface area (Å²) < 4.78 is 11.4. The Morgan fingerprint density at radius 1 is 1.19 bits per heavy atom. The number of benzene rings is 1. The van der Waals surface area contributed by atoms with Gasteiger partial charge >= 0.3 is 5.97 Å². The van der Waals surface area contributed by atoms with Crippen LogP contribution < -0.4 is 9.47 Å². The van der Waals surface area contributed by atoms with Gasteiger partial charge in [-0.2, -0.15) is 0 Å². The highest BCUT2D eigenvalue weighted by Crippen LogP contribution is 2.46. The lowest BCUT2D eigenvalue weighted by atomic mass is 9.67. The molecule has 4 heteroatoms. The maximum atomic E-state index is 12.0. The molecule has 0 unspecified atom stereocenters. The van der Waals surface area contributed by atoms with E-state index in [4.69, 9.17) is 9.47 Å². The van der Waals surface area contributed by atoms with Crippen LogP contribution in [-0.2, 0) is 16.6 Å². The van der Waals surface area contributed by atoms with Gasteiger partial charge in [0.05, 0.1) is 5.41 Å². The highest BCUT2D eigenvalue weighted by Gasteiger charge is 2.43. The van der Waals surface area contributed by atoms with Gasteiger partial charge in [0.2, 0.25) is 0 Å². The van der Waals surface area contributed by atoms with E-state index < -0.39 is 11.4 Å². The molecule has 0 bridgehead atoms. The van der Waals surface area contributed by atoms with Crippen molar-refractivity contribution in [1.29, 1.82) is 0 Å². The van der Waals surface area contributed by atoms with Gasteiger partial charge in [-0.15, -0.1) is 0 Å². The summed E-state index contributed by atoms with van der Waals surface area (Å²) in [6.45, 7) is 3.14. The van der Waals surface area contributed by atoms with Crippen LogP contribution in [0.4, 0.5) is 0 Å². The second-order valence-electron chi connectivity index (χ2n) is 5.92. The second-order valence-corrected chi connectivity index (χ2v) is 5.92. The zero-order valence-corrected chi connectivity index (χ0v) is 12.5. The number of hydrogen-bond donors (Lipinski definition) is 1. The summed E-state index contributed by atoms with van der Waals surface area (Å²) >= 11 is 0. The lowest BCUT2D eigenvalue weighted by Gasteiger charge is -2.36. The molecule has 4 nitrogen and oxygen atoms in total. The van der Waals surface area contributed by atoms with Crippen molar-refractivity contribution < 1.29 is 19.4 Å². The molecule has 1 fully saturated rings. The van der Waals surface area contributed by atoms with Gasteiger partial charge in [-0.25, -0.2) is 0 Å². The SMILES string of the molecule is CCc1c(C2(C(=O)O)CCCCC2)ccc2c1OCCO2. The van der Waals surface area contributed by atoms with Gasteiger partial charge < -0.3 is 14.6 Å². The van der Waals surface area contributed by atoms with Crippen molar-refractivity contribution in [2.24, 2.45) is 0 Å². The summed E-state index contributed by atoms with van der Waals surface area (Å²) in [7, 11) is 0. The Balaban J connectivity index is 2.14. The summed E-state index contributed by atoms with van der Waals surface area (Å²) in [5.41, 5.74) is 1.19. The fourth-order valence-corrected chi connectivity index (χ4v) is 3.73. The molecule has 2 aliphatic rings. The van der Waals surface area contributed by atoms with Gasteiger partial charge in [-0.1, -0.05) is 32.3 Å². The predicted molar refractivity (Wildman–Crippen MR) is 79.2 cm³/mol. The molecule has 0 radical (unpaired) electrons. The Morgan fingerprint density at radius 3 is 2.57 bits per heavy atom. The fraction of sp³-hybridized carbons (Fsp3) is 0.588. The largest absolute Gasteiger partial charge is 0.486 e. The van der Waals surface area contributed by atoms with Crippen molar-refractivity contribution in [3.05, 3.63) is 23.3 Å². The molecule has 3 rings (SSSR count). The average Bonchev–Trinajstić information content (AvgIpc) is 2.54. The number of carboxylic acids is 1. The van der Waals surface area contributed by atoms with E-state index in [-0.39, 0.29) is 0 Å². The highest BCUT2D eigenvalue weighted by atomic mass is 16.6. The third-order valence-corrected chi connectivity index (χ3v) is 4.80. The Morgan fingerprint density at radius 2 is 1.90 bits per heavy atom. The molecule has 21 heavy (non-hydrogen) atoms. The minimum Gasteiger partial charge on any atom is -0.486 e. The molecule has 1 aliphatic heterocycles. The first-order chi connectivity index (χ1) is 10.2. The lowest BCUT2D eigenvalue weighted by Crippen LogP contribution is -2.39. The molecule has 1 aromatic carbocycles. The third-order valence-electron chi connectivity index (χ3n) is 4.80. The molecule has 1 saturated carbocycles. The Hall–Kier alpha value is -1.71. The molecule has 1 aliphatic carbocycles. The average molecular weight is 290 g/mol. The van der Waals surface area contributed by atoms with E-state index in [0.29, 0.717) is 13.2 Å². The molecule has 0 spiro atoms. The first kappa shape index (κ1) is 14.2. The van der Waals surface area contributed by atoms with E-state index in [1.54, 1.807) is 0 Å². The zero-order valence-electron chi connectivity index (χ0n) is 12.5. The number of carboxylic acid groups (broad SMARTS) is 1. The Kier molecular flexibility index (Phi) is 3.79. The van der Waals surface area contributed by atoms with Crippen LogP contribution in [0.15, 0.2) is 12.1 Å². The molecule has 1 aromatic rings. The number of rotatable bonds is 3. The summed E-state index contributed by atoms with van der Waals surface area (Å²) in [5, 5.41) is 9.89. The van der Waals surface area contributed by atoms with Crippen molar-refractivity contribution in [2.75, 3.05) is 13.2 Å². The summed E-state index contributed by atoms with van der Waals surface area (Å²) in [5.74, 6) is 0.805. The summed E-state index contributed by atoms with van der Waals surface area (Å²) in [4.78, 5) is 12.0. The van der Waals surface area contributed by atoms with Gasteiger partial charge in [0.15, 0.2) is 11.5 Å². The molecule has 0 aromatic heterocycles. The fourth-order valence-electron chi connectivity index (χ4n) is 3.73.